The quantitative estimate of drug-likeness (QED) is 0.870. The highest BCUT2D eigenvalue weighted by Crippen LogP contribution is 2.22. The number of amides is 3. The van der Waals surface area contributed by atoms with Gasteiger partial charge in [0.15, 0.2) is 0 Å². The van der Waals surface area contributed by atoms with Crippen LogP contribution in [0.25, 0.3) is 0 Å². The summed E-state index contributed by atoms with van der Waals surface area (Å²) < 4.78 is 5.23. The lowest BCUT2D eigenvalue weighted by molar-refractivity contribution is -0.126. The fraction of sp³-hybridized carbons (Fsp3) is 0.556. The number of methoxy groups -OCH3 is 1. The molecule has 0 saturated carbocycles. The van der Waals surface area contributed by atoms with Crippen molar-refractivity contribution in [1.29, 1.82) is 0 Å². The van der Waals surface area contributed by atoms with E-state index in [1.54, 1.807) is 12.0 Å². The molecule has 1 heterocycles. The third kappa shape index (κ3) is 4.63. The Morgan fingerprint density at radius 1 is 1.38 bits per heavy atom. The van der Waals surface area contributed by atoms with Crippen molar-refractivity contribution in [3.8, 4) is 5.75 Å². The van der Waals surface area contributed by atoms with Crippen LogP contribution in [0, 0.1) is 12.8 Å². The minimum Gasteiger partial charge on any atom is -0.496 e. The van der Waals surface area contributed by atoms with Gasteiger partial charge in [0, 0.05) is 25.3 Å². The van der Waals surface area contributed by atoms with Crippen LogP contribution in [0.2, 0.25) is 0 Å². The molecule has 1 aromatic carbocycles. The Balaban J connectivity index is 1.94. The summed E-state index contributed by atoms with van der Waals surface area (Å²) in [6.07, 6.45) is 2.60. The predicted octanol–water partition coefficient (Wildman–Crippen LogP) is 2.77. The van der Waals surface area contributed by atoms with E-state index in [0.717, 1.165) is 36.3 Å². The highest BCUT2D eigenvalue weighted by Gasteiger charge is 2.28. The molecule has 24 heavy (non-hydrogen) atoms. The number of nitrogens with one attached hydrogen (secondary N) is 2. The molecule has 6 nitrogen and oxygen atoms in total. The van der Waals surface area contributed by atoms with E-state index in [4.69, 9.17) is 4.74 Å². The third-order valence-electron chi connectivity index (χ3n) is 4.27. The average Bonchev–Trinajstić information content (AvgIpc) is 2.60. The molecule has 6 heteroatoms. The van der Waals surface area contributed by atoms with Crippen molar-refractivity contribution in [3.05, 3.63) is 23.8 Å². The van der Waals surface area contributed by atoms with E-state index < -0.39 is 0 Å². The van der Waals surface area contributed by atoms with Gasteiger partial charge in [0.1, 0.15) is 5.75 Å². The van der Waals surface area contributed by atoms with Crippen molar-refractivity contribution in [2.45, 2.75) is 33.1 Å². The van der Waals surface area contributed by atoms with Gasteiger partial charge in [-0.1, -0.05) is 6.92 Å². The lowest BCUT2D eigenvalue weighted by Gasteiger charge is -2.32. The highest BCUT2D eigenvalue weighted by molar-refractivity contribution is 5.90. The maximum Gasteiger partial charge on any atom is 0.321 e. The lowest BCUT2D eigenvalue weighted by Crippen LogP contribution is -2.47. The highest BCUT2D eigenvalue weighted by atomic mass is 16.5. The Kier molecular flexibility index (Phi) is 6.46. The van der Waals surface area contributed by atoms with E-state index in [1.807, 2.05) is 32.0 Å². The van der Waals surface area contributed by atoms with Crippen LogP contribution in [0.5, 0.6) is 5.75 Å². The summed E-state index contributed by atoms with van der Waals surface area (Å²) in [5.41, 5.74) is 1.70. The van der Waals surface area contributed by atoms with Crippen molar-refractivity contribution >= 4 is 17.6 Å². The standard InChI is InChI=1S/C18H27N3O3/c1-4-9-19-17(22)14-6-5-10-21(12-14)18(23)20-15-7-8-16(24-3)13(2)11-15/h7-8,11,14H,4-6,9-10,12H2,1-3H3,(H,19,22)(H,20,23). The number of anilines is 1. The van der Waals surface area contributed by atoms with E-state index in [2.05, 4.69) is 10.6 Å². The zero-order valence-electron chi connectivity index (χ0n) is 14.7. The molecular weight excluding hydrogens is 306 g/mol. The number of benzene rings is 1. The molecule has 0 aliphatic carbocycles. The average molecular weight is 333 g/mol. The molecule has 2 N–H and O–H groups in total. The van der Waals surface area contributed by atoms with Crippen molar-refractivity contribution in [2.24, 2.45) is 5.92 Å². The van der Waals surface area contributed by atoms with E-state index in [9.17, 15) is 9.59 Å². The monoisotopic (exact) mass is 333 g/mol. The molecule has 3 amide bonds. The Labute approximate surface area is 143 Å². The number of carbonyl (C=O) groups is 2. The summed E-state index contributed by atoms with van der Waals surface area (Å²) in [6.45, 7) is 5.79. The van der Waals surface area contributed by atoms with Crippen molar-refractivity contribution in [2.75, 3.05) is 32.1 Å². The number of piperidine rings is 1. The minimum atomic E-state index is -0.160. The van der Waals surface area contributed by atoms with Gasteiger partial charge in [-0.2, -0.15) is 0 Å². The first kappa shape index (κ1) is 18.1. The lowest BCUT2D eigenvalue weighted by atomic mass is 9.97. The van der Waals surface area contributed by atoms with Gasteiger partial charge in [0.25, 0.3) is 0 Å². The Hall–Kier alpha value is -2.24. The largest absolute Gasteiger partial charge is 0.496 e. The number of aryl methyl sites for hydroxylation is 1. The second kappa shape index (κ2) is 8.57. The fourth-order valence-electron chi connectivity index (χ4n) is 2.93. The maximum absolute atomic E-state index is 12.5. The number of likely N-dealkylation sites (tertiary alicyclic amines) is 1. The van der Waals surface area contributed by atoms with Crippen LogP contribution in [0.1, 0.15) is 31.7 Å². The van der Waals surface area contributed by atoms with Gasteiger partial charge in [-0.15, -0.1) is 0 Å². The molecule has 132 valence electrons. The van der Waals surface area contributed by atoms with Gasteiger partial charge in [0.05, 0.1) is 13.0 Å². The molecule has 1 aromatic rings. The summed E-state index contributed by atoms with van der Waals surface area (Å²) in [5.74, 6) is 0.724. The number of ether oxygens (including phenoxy) is 1. The van der Waals surface area contributed by atoms with E-state index in [-0.39, 0.29) is 17.9 Å². The van der Waals surface area contributed by atoms with Gasteiger partial charge in [-0.3, -0.25) is 4.79 Å². The predicted molar refractivity (Wildman–Crippen MR) is 94.3 cm³/mol. The molecule has 2 rings (SSSR count). The number of hydrogen-bond acceptors (Lipinski definition) is 3. The van der Waals surface area contributed by atoms with Gasteiger partial charge >= 0.3 is 6.03 Å². The Morgan fingerprint density at radius 3 is 2.83 bits per heavy atom. The summed E-state index contributed by atoms with van der Waals surface area (Å²) >= 11 is 0. The van der Waals surface area contributed by atoms with Crippen LogP contribution >= 0.6 is 0 Å². The fourth-order valence-corrected chi connectivity index (χ4v) is 2.93. The number of carbonyl (C=O) groups excluding carboxylic acids is 2. The molecule has 1 aliphatic heterocycles. The first-order valence-electron chi connectivity index (χ1n) is 8.53. The first-order chi connectivity index (χ1) is 11.5. The molecule has 0 radical (unpaired) electrons. The second-order valence-corrected chi connectivity index (χ2v) is 6.19. The Morgan fingerprint density at radius 2 is 2.17 bits per heavy atom. The summed E-state index contributed by atoms with van der Waals surface area (Å²) in [4.78, 5) is 26.3. The zero-order chi connectivity index (χ0) is 17.5. The molecule has 0 aromatic heterocycles. The van der Waals surface area contributed by atoms with Crippen molar-refractivity contribution in [3.63, 3.8) is 0 Å². The first-order valence-corrected chi connectivity index (χ1v) is 8.53. The van der Waals surface area contributed by atoms with E-state index >= 15 is 0 Å². The van der Waals surface area contributed by atoms with Crippen LogP contribution in [0.3, 0.4) is 0 Å². The molecule has 1 fully saturated rings. The summed E-state index contributed by atoms with van der Waals surface area (Å²) in [6, 6.07) is 5.38. The Bertz CT molecular complexity index is 589. The van der Waals surface area contributed by atoms with E-state index in [0.29, 0.717) is 19.6 Å². The SMILES string of the molecule is CCCNC(=O)C1CCCN(C(=O)Nc2ccc(OC)c(C)c2)C1. The van der Waals surface area contributed by atoms with Crippen LogP contribution in [-0.2, 0) is 4.79 Å². The van der Waals surface area contributed by atoms with Crippen molar-refractivity contribution < 1.29 is 14.3 Å². The van der Waals surface area contributed by atoms with Gasteiger partial charge in [0.2, 0.25) is 5.91 Å². The molecule has 1 atom stereocenters. The van der Waals surface area contributed by atoms with Gasteiger partial charge < -0.3 is 20.3 Å². The summed E-state index contributed by atoms with van der Waals surface area (Å²) in [5, 5.41) is 5.83. The molecule has 1 saturated heterocycles. The zero-order valence-corrected chi connectivity index (χ0v) is 14.7. The van der Waals surface area contributed by atoms with Gasteiger partial charge in [-0.25, -0.2) is 4.79 Å². The van der Waals surface area contributed by atoms with Crippen molar-refractivity contribution in [1.82, 2.24) is 10.2 Å². The van der Waals surface area contributed by atoms with Crippen LogP contribution in [0.4, 0.5) is 10.5 Å². The van der Waals surface area contributed by atoms with Gasteiger partial charge in [-0.05, 0) is 49.9 Å². The number of rotatable bonds is 5. The van der Waals surface area contributed by atoms with Crippen LogP contribution in [-0.4, -0.2) is 43.6 Å². The third-order valence-corrected chi connectivity index (χ3v) is 4.27. The minimum absolute atomic E-state index is 0.0506. The van der Waals surface area contributed by atoms with Crippen LogP contribution < -0.4 is 15.4 Å². The molecule has 0 spiro atoms. The normalized spacial score (nSPS) is 17.3. The number of nitrogens with zero attached hydrogens (tertiary/aromatic N) is 1. The topological polar surface area (TPSA) is 70.7 Å². The molecular formula is C18H27N3O3. The van der Waals surface area contributed by atoms with Crippen LogP contribution in [0.15, 0.2) is 18.2 Å². The number of urea groups is 1. The number of hydrogen-bond donors (Lipinski definition) is 2. The molecule has 1 aliphatic rings. The summed E-state index contributed by atoms with van der Waals surface area (Å²) in [7, 11) is 1.62. The molecule has 1 unspecified atom stereocenters. The maximum atomic E-state index is 12.5. The van der Waals surface area contributed by atoms with E-state index in [1.165, 1.54) is 0 Å². The second-order valence-electron chi connectivity index (χ2n) is 6.19. The molecule has 0 bridgehead atoms. The smallest absolute Gasteiger partial charge is 0.321 e.